The summed E-state index contributed by atoms with van der Waals surface area (Å²) in [4.78, 5) is 17.2. The van der Waals surface area contributed by atoms with Gasteiger partial charge in [0.2, 0.25) is 5.88 Å². The second-order valence-corrected chi connectivity index (χ2v) is 8.38. The molecule has 2 aliphatic carbocycles. The monoisotopic (exact) mass is 381 g/mol. The van der Waals surface area contributed by atoms with Gasteiger partial charge in [0.25, 0.3) is 0 Å². The first-order valence-electron chi connectivity index (χ1n) is 11.1. The van der Waals surface area contributed by atoms with Gasteiger partial charge in [-0.05, 0) is 87.0 Å². The maximum absolute atomic E-state index is 12.6. The molecule has 1 aliphatic heterocycles. The number of hydrogen-bond donors (Lipinski definition) is 0. The lowest BCUT2D eigenvalue weighted by molar-refractivity contribution is -0.116. The molecule has 3 aliphatic rings. The van der Waals surface area contributed by atoms with Crippen LogP contribution < -0.4 is 4.74 Å². The van der Waals surface area contributed by atoms with E-state index in [1.165, 1.54) is 31.2 Å². The van der Waals surface area contributed by atoms with Crippen LogP contribution in [0.2, 0.25) is 0 Å². The van der Waals surface area contributed by atoms with Gasteiger partial charge in [-0.2, -0.15) is 0 Å². The summed E-state index contributed by atoms with van der Waals surface area (Å²) >= 11 is 0. The van der Waals surface area contributed by atoms with Crippen LogP contribution in [-0.4, -0.2) is 17.4 Å². The smallest absolute Gasteiger partial charge is 0.217 e. The molecule has 1 aromatic heterocycles. The summed E-state index contributed by atoms with van der Waals surface area (Å²) in [5.41, 5.74) is 3.80. The van der Waals surface area contributed by atoms with E-state index < -0.39 is 0 Å². The van der Waals surface area contributed by atoms with Crippen molar-refractivity contribution >= 4 is 11.9 Å². The van der Waals surface area contributed by atoms with E-state index in [1.807, 2.05) is 26.0 Å². The summed E-state index contributed by atoms with van der Waals surface area (Å²) < 4.78 is 5.78. The Morgan fingerprint density at radius 3 is 2.82 bits per heavy atom. The summed E-state index contributed by atoms with van der Waals surface area (Å²) in [5.74, 6) is 3.21. The van der Waals surface area contributed by atoms with E-state index >= 15 is 0 Å². The first-order chi connectivity index (χ1) is 13.6. The Hall–Kier alpha value is -1.90. The molecule has 0 spiro atoms. The van der Waals surface area contributed by atoms with Crippen molar-refractivity contribution < 1.29 is 9.53 Å². The van der Waals surface area contributed by atoms with Crippen LogP contribution in [0.5, 0.6) is 5.88 Å². The largest absolute Gasteiger partial charge is 0.477 e. The SMILES string of the molecule is C=C(/C=C\c1nc2c(cc1C)CCCCO2)C(=O)CC1CC2CCC1C2.CC. The molecule has 3 atom stereocenters. The van der Waals surface area contributed by atoms with E-state index in [1.54, 1.807) is 0 Å². The van der Waals surface area contributed by atoms with E-state index in [2.05, 4.69) is 24.6 Å². The van der Waals surface area contributed by atoms with Crippen LogP contribution in [0, 0.1) is 24.7 Å². The summed E-state index contributed by atoms with van der Waals surface area (Å²) in [5, 5.41) is 0. The molecule has 2 saturated carbocycles. The summed E-state index contributed by atoms with van der Waals surface area (Å²) in [6, 6.07) is 2.17. The van der Waals surface area contributed by atoms with Crippen LogP contribution in [0.3, 0.4) is 0 Å². The molecule has 2 heterocycles. The predicted octanol–water partition coefficient (Wildman–Crippen LogP) is 6.10. The summed E-state index contributed by atoms with van der Waals surface area (Å²) in [7, 11) is 0. The molecule has 0 radical (unpaired) electrons. The van der Waals surface area contributed by atoms with Gasteiger partial charge >= 0.3 is 0 Å². The minimum atomic E-state index is 0.197. The number of ketones is 1. The standard InChI is InChI=1S/C23H29NO2.C2H6/c1-15(22(25)14-20-13-17-7-8-18(20)12-17)6-9-21-16(2)11-19-5-3-4-10-26-23(19)24-21;1-2/h6,9,11,17-18,20H,1,3-5,7-8,10,12-14H2,2H3;1-2H3/b9-6-;. The normalized spacial score (nSPS) is 25.5. The molecule has 0 amide bonds. The Morgan fingerprint density at radius 1 is 1.29 bits per heavy atom. The van der Waals surface area contributed by atoms with Crippen LogP contribution in [0.15, 0.2) is 24.3 Å². The van der Waals surface area contributed by atoms with Crippen molar-refractivity contribution in [1.29, 1.82) is 0 Å². The Morgan fingerprint density at radius 2 is 2.11 bits per heavy atom. The number of pyridine rings is 1. The summed E-state index contributed by atoms with van der Waals surface area (Å²) in [6.45, 7) is 10.8. The van der Waals surface area contributed by atoms with E-state index in [0.717, 1.165) is 54.8 Å². The molecule has 3 heteroatoms. The van der Waals surface area contributed by atoms with Gasteiger partial charge in [-0.3, -0.25) is 4.79 Å². The van der Waals surface area contributed by atoms with Crippen LogP contribution in [0.1, 0.15) is 75.6 Å². The highest BCUT2D eigenvalue weighted by Gasteiger charge is 2.40. The molecule has 152 valence electrons. The molecule has 2 fully saturated rings. The van der Waals surface area contributed by atoms with Crippen LogP contribution in [0.25, 0.3) is 6.08 Å². The topological polar surface area (TPSA) is 39.2 Å². The van der Waals surface area contributed by atoms with Gasteiger partial charge in [0, 0.05) is 17.6 Å². The lowest BCUT2D eigenvalue weighted by Gasteiger charge is -2.20. The zero-order valence-corrected chi connectivity index (χ0v) is 17.8. The van der Waals surface area contributed by atoms with Crippen molar-refractivity contribution in [3.63, 3.8) is 0 Å². The van der Waals surface area contributed by atoms with Gasteiger partial charge in [0.1, 0.15) is 0 Å². The third-order valence-electron chi connectivity index (χ3n) is 6.50. The van der Waals surface area contributed by atoms with Crippen LogP contribution in [0.4, 0.5) is 0 Å². The molecule has 28 heavy (non-hydrogen) atoms. The number of allylic oxidation sites excluding steroid dienone is 2. The highest BCUT2D eigenvalue weighted by Crippen LogP contribution is 2.49. The molecule has 3 unspecified atom stereocenters. The van der Waals surface area contributed by atoms with Crippen LogP contribution >= 0.6 is 0 Å². The maximum Gasteiger partial charge on any atom is 0.217 e. The summed E-state index contributed by atoms with van der Waals surface area (Å²) in [6.07, 6.45) is 13.0. The maximum atomic E-state index is 12.6. The lowest BCUT2D eigenvalue weighted by atomic mass is 9.84. The minimum absolute atomic E-state index is 0.197. The number of aryl methyl sites for hydroxylation is 2. The third-order valence-corrected chi connectivity index (χ3v) is 6.50. The second kappa shape index (κ2) is 9.54. The third kappa shape index (κ3) is 4.74. The highest BCUT2D eigenvalue weighted by molar-refractivity contribution is 5.98. The molecule has 0 aromatic carbocycles. The van der Waals surface area contributed by atoms with Gasteiger partial charge < -0.3 is 4.74 Å². The molecule has 1 aromatic rings. The number of Topliss-reactive ketones (excluding diaryl/α,β-unsaturated/α-hetero) is 1. The fourth-order valence-electron chi connectivity index (χ4n) is 4.99. The van der Waals surface area contributed by atoms with E-state index in [4.69, 9.17) is 4.74 Å². The van der Waals surface area contributed by atoms with Crippen molar-refractivity contribution in [2.75, 3.05) is 6.61 Å². The Bertz CT molecular complexity index is 749. The van der Waals surface area contributed by atoms with Crippen LogP contribution in [-0.2, 0) is 11.2 Å². The number of aromatic nitrogens is 1. The number of nitrogens with zero attached hydrogens (tertiary/aromatic N) is 1. The number of carbonyl (C=O) groups is 1. The van der Waals surface area contributed by atoms with Crippen molar-refractivity contribution in [2.24, 2.45) is 17.8 Å². The number of hydrogen-bond acceptors (Lipinski definition) is 3. The van der Waals surface area contributed by atoms with Crippen molar-refractivity contribution in [3.05, 3.63) is 41.1 Å². The van der Waals surface area contributed by atoms with Gasteiger partial charge in [0.15, 0.2) is 5.78 Å². The van der Waals surface area contributed by atoms with E-state index in [-0.39, 0.29) is 5.78 Å². The fraction of sp³-hybridized carbons (Fsp3) is 0.600. The average Bonchev–Trinajstić information content (AvgIpc) is 3.25. The van der Waals surface area contributed by atoms with Gasteiger partial charge in [-0.1, -0.05) is 26.8 Å². The fourth-order valence-corrected chi connectivity index (χ4v) is 4.99. The Kier molecular flexibility index (Phi) is 7.09. The molecule has 4 rings (SSSR count). The first-order valence-corrected chi connectivity index (χ1v) is 11.1. The minimum Gasteiger partial charge on any atom is -0.477 e. The average molecular weight is 382 g/mol. The molecule has 2 bridgehead atoms. The van der Waals surface area contributed by atoms with Crippen molar-refractivity contribution in [1.82, 2.24) is 4.98 Å². The van der Waals surface area contributed by atoms with Gasteiger partial charge in [-0.25, -0.2) is 4.98 Å². The Labute approximate surface area is 170 Å². The molecule has 0 saturated heterocycles. The van der Waals surface area contributed by atoms with Crippen molar-refractivity contribution in [3.8, 4) is 5.88 Å². The van der Waals surface area contributed by atoms with E-state index in [9.17, 15) is 4.79 Å². The molecule has 3 nitrogen and oxygen atoms in total. The number of rotatable bonds is 5. The van der Waals surface area contributed by atoms with Gasteiger partial charge in [-0.15, -0.1) is 0 Å². The second-order valence-electron chi connectivity index (χ2n) is 8.38. The molecular weight excluding hydrogens is 346 g/mol. The number of ether oxygens (including phenoxy) is 1. The zero-order chi connectivity index (χ0) is 20.1. The van der Waals surface area contributed by atoms with E-state index in [0.29, 0.717) is 17.9 Å². The highest BCUT2D eigenvalue weighted by atomic mass is 16.5. The number of fused-ring (bicyclic) bond motifs is 3. The Balaban J connectivity index is 0.00000109. The number of carbonyl (C=O) groups excluding carboxylic acids is 1. The lowest BCUT2D eigenvalue weighted by Crippen LogP contribution is -2.15. The van der Waals surface area contributed by atoms with Crippen molar-refractivity contribution in [2.45, 2.75) is 72.1 Å². The zero-order valence-electron chi connectivity index (χ0n) is 17.8. The molecular formula is C25H35NO2. The predicted molar refractivity (Wildman–Crippen MR) is 115 cm³/mol. The first kappa shape index (κ1) is 20.8. The molecule has 0 N–H and O–H groups in total. The quantitative estimate of drug-likeness (QED) is 0.457. The van der Waals surface area contributed by atoms with Gasteiger partial charge in [0.05, 0.1) is 12.3 Å².